The zero-order chi connectivity index (χ0) is 29.8. The Balaban J connectivity index is 1.53. The molecule has 2 unspecified atom stereocenters. The van der Waals surface area contributed by atoms with Crippen molar-refractivity contribution >= 4 is 21.5 Å². The summed E-state index contributed by atoms with van der Waals surface area (Å²) in [5, 5.41) is -0.0767. The third-order valence-electron chi connectivity index (χ3n) is 11.0. The van der Waals surface area contributed by atoms with Crippen molar-refractivity contribution in [2.45, 2.75) is 174 Å². The molecule has 227 valence electrons. The van der Waals surface area contributed by atoms with Crippen LogP contribution >= 0.6 is 0 Å². The Hall–Kier alpha value is 0.0348. The average molecular weight is 555 g/mol. The van der Waals surface area contributed by atoms with Gasteiger partial charge in [0.05, 0.1) is 11.2 Å². The van der Waals surface area contributed by atoms with E-state index < -0.39 is 0 Å². The molecular weight excluding hydrogens is 493 g/mol. The van der Waals surface area contributed by atoms with Gasteiger partial charge in [0, 0.05) is 29.9 Å². The highest BCUT2D eigenvalue weighted by Gasteiger charge is 2.59. The van der Waals surface area contributed by atoms with E-state index in [4.69, 9.17) is 18.6 Å². The molecule has 4 nitrogen and oxygen atoms in total. The summed E-state index contributed by atoms with van der Waals surface area (Å²) in [4.78, 5) is 0. The van der Waals surface area contributed by atoms with E-state index in [0.29, 0.717) is 0 Å². The van der Waals surface area contributed by atoms with Gasteiger partial charge in [0.2, 0.25) is 0 Å². The number of fused-ring (bicyclic) bond motifs is 2. The molecule has 0 aromatic heterocycles. The van der Waals surface area contributed by atoms with E-state index in [-0.39, 0.29) is 52.7 Å². The first-order valence-corrected chi connectivity index (χ1v) is 16.7. The Morgan fingerprint density at radius 1 is 0.750 bits per heavy atom. The van der Waals surface area contributed by atoms with Crippen molar-refractivity contribution < 1.29 is 18.6 Å². The zero-order valence-electron chi connectivity index (χ0n) is 28.5. The van der Waals surface area contributed by atoms with Gasteiger partial charge in [0.1, 0.15) is 7.28 Å². The normalized spacial score (nSPS) is 35.0. The molecule has 0 N–H and O–H groups in total. The van der Waals surface area contributed by atoms with Crippen molar-refractivity contribution in [1.82, 2.24) is 0 Å². The molecule has 2 aliphatic carbocycles. The van der Waals surface area contributed by atoms with Gasteiger partial charge < -0.3 is 18.6 Å². The molecule has 2 saturated heterocycles. The summed E-state index contributed by atoms with van der Waals surface area (Å²) in [5.41, 5.74) is -0.570. The molecule has 0 aromatic carbocycles. The fourth-order valence-electron chi connectivity index (χ4n) is 8.43. The summed E-state index contributed by atoms with van der Waals surface area (Å²) in [5.74, 6) is 2.85. The molecule has 2 atom stereocenters. The highest BCUT2D eigenvalue weighted by molar-refractivity contribution is 6.49. The predicted molar refractivity (Wildman–Crippen MR) is 171 cm³/mol. The minimum absolute atomic E-state index is 0.0657. The second-order valence-electron chi connectivity index (χ2n) is 18.3. The van der Waals surface area contributed by atoms with E-state index in [9.17, 15) is 0 Å². The molecule has 0 amide bonds. The van der Waals surface area contributed by atoms with Gasteiger partial charge in [0.25, 0.3) is 0 Å². The van der Waals surface area contributed by atoms with Crippen LogP contribution in [0.1, 0.15) is 141 Å². The zero-order valence-corrected chi connectivity index (χ0v) is 28.5. The first kappa shape index (κ1) is 32.9. The van der Waals surface area contributed by atoms with E-state index in [1.165, 1.54) is 38.5 Å². The average Bonchev–Trinajstić information content (AvgIpc) is 2.79. The van der Waals surface area contributed by atoms with Crippen LogP contribution in [0, 0.1) is 23.2 Å². The third-order valence-corrected chi connectivity index (χ3v) is 11.0. The molecule has 2 bridgehead atoms. The molecule has 0 spiro atoms. The molecule has 4 rings (SSSR count). The fraction of sp³-hybridized carbons (Fsp3) is 1.00. The van der Waals surface area contributed by atoms with Crippen molar-refractivity contribution in [1.29, 1.82) is 0 Å². The lowest BCUT2D eigenvalue weighted by Crippen LogP contribution is -2.63. The van der Waals surface area contributed by atoms with Crippen LogP contribution < -0.4 is 0 Å². The Morgan fingerprint density at radius 3 is 1.77 bits per heavy atom. The molecular formula is C33H62B3O4. The van der Waals surface area contributed by atoms with Crippen LogP contribution in [0.3, 0.4) is 0 Å². The Morgan fingerprint density at radius 2 is 1.27 bits per heavy atom. The van der Waals surface area contributed by atoms with Crippen LogP contribution in [0.25, 0.3) is 0 Å². The standard InChI is InChI=1S/C33H62B3O4/c1-28(2,3)35-39-32(10,11)26(21-31(8,9)36-37-22-29(4,5)23-38-36)33(12,40-35)20-19-30(6,7)34-27-24-15-13-16-25(27)18-14-17-24/h24-27H,13-23H2,1-12H3. The van der Waals surface area contributed by atoms with Gasteiger partial charge >= 0.3 is 14.2 Å². The van der Waals surface area contributed by atoms with Gasteiger partial charge in [-0.25, -0.2) is 0 Å². The van der Waals surface area contributed by atoms with Crippen molar-refractivity contribution in [3.05, 3.63) is 0 Å². The minimum atomic E-state index is -0.329. The summed E-state index contributed by atoms with van der Waals surface area (Å²) in [6.45, 7) is 29.2. The lowest BCUT2D eigenvalue weighted by molar-refractivity contribution is -0.157. The quantitative estimate of drug-likeness (QED) is 0.280. The van der Waals surface area contributed by atoms with Gasteiger partial charge in [-0.2, -0.15) is 0 Å². The lowest BCUT2D eigenvalue weighted by Gasteiger charge is -2.57. The Kier molecular flexibility index (Phi) is 9.48. The van der Waals surface area contributed by atoms with Crippen molar-refractivity contribution in [3.8, 4) is 0 Å². The van der Waals surface area contributed by atoms with E-state index in [2.05, 4.69) is 90.4 Å². The third kappa shape index (κ3) is 7.57. The minimum Gasteiger partial charge on any atom is -0.410 e. The SMILES string of the molecule is CC(C)([B]C1C2CCCC1CCC2)CCC1(C)OB(C(C)(C)C)OC(C)(C)C1CC(C)(C)B1OCC(C)(C)CO1. The molecule has 2 aliphatic heterocycles. The molecule has 40 heavy (non-hydrogen) atoms. The van der Waals surface area contributed by atoms with Gasteiger partial charge in [-0.3, -0.25) is 0 Å². The van der Waals surface area contributed by atoms with Crippen LogP contribution in [0.4, 0.5) is 0 Å². The monoisotopic (exact) mass is 555 g/mol. The highest BCUT2D eigenvalue weighted by atomic mass is 16.6. The fourth-order valence-corrected chi connectivity index (χ4v) is 8.43. The van der Waals surface area contributed by atoms with Crippen molar-refractivity contribution in [2.24, 2.45) is 23.2 Å². The summed E-state index contributed by atoms with van der Waals surface area (Å²) < 4.78 is 26.6. The van der Waals surface area contributed by atoms with Crippen LogP contribution in [0.5, 0.6) is 0 Å². The summed E-state index contributed by atoms with van der Waals surface area (Å²) in [6.07, 6.45) is 11.7. The summed E-state index contributed by atoms with van der Waals surface area (Å²) in [6, 6.07) is 0. The number of hydrogen-bond acceptors (Lipinski definition) is 4. The maximum atomic E-state index is 7.10. The molecule has 2 saturated carbocycles. The van der Waals surface area contributed by atoms with Crippen molar-refractivity contribution in [3.63, 3.8) is 0 Å². The van der Waals surface area contributed by atoms with Crippen LogP contribution in [-0.4, -0.2) is 45.9 Å². The first-order valence-electron chi connectivity index (χ1n) is 16.7. The van der Waals surface area contributed by atoms with Gasteiger partial charge in [0.15, 0.2) is 0 Å². The highest BCUT2D eigenvalue weighted by Crippen LogP contribution is 2.56. The second-order valence-corrected chi connectivity index (χ2v) is 18.3. The lowest BCUT2D eigenvalue weighted by atomic mass is 9.37. The Labute approximate surface area is 250 Å². The first-order chi connectivity index (χ1) is 18.2. The maximum Gasteiger partial charge on any atom is 0.463 e. The maximum absolute atomic E-state index is 7.10. The van der Waals surface area contributed by atoms with Crippen molar-refractivity contribution in [2.75, 3.05) is 13.2 Å². The van der Waals surface area contributed by atoms with E-state index >= 15 is 0 Å². The van der Waals surface area contributed by atoms with E-state index in [0.717, 1.165) is 50.1 Å². The Bertz CT molecular complexity index is 834. The second kappa shape index (κ2) is 11.5. The largest absolute Gasteiger partial charge is 0.463 e. The molecule has 4 aliphatic rings. The van der Waals surface area contributed by atoms with Crippen LogP contribution in [-0.2, 0) is 18.6 Å². The summed E-state index contributed by atoms with van der Waals surface area (Å²) in [7, 11) is 2.34. The molecule has 4 fully saturated rings. The van der Waals surface area contributed by atoms with E-state index in [1.54, 1.807) is 0 Å². The predicted octanol–water partition coefficient (Wildman–Crippen LogP) is 9.28. The van der Waals surface area contributed by atoms with Gasteiger partial charge in [-0.15, -0.1) is 0 Å². The number of hydrogen-bond donors (Lipinski definition) is 0. The molecule has 2 heterocycles. The van der Waals surface area contributed by atoms with Gasteiger partial charge in [-0.1, -0.05) is 118 Å². The van der Waals surface area contributed by atoms with Crippen LogP contribution in [0.15, 0.2) is 0 Å². The van der Waals surface area contributed by atoms with Gasteiger partial charge in [-0.05, 0) is 50.8 Å². The smallest absolute Gasteiger partial charge is 0.410 e. The molecule has 7 heteroatoms. The van der Waals surface area contributed by atoms with E-state index in [1.807, 2.05) is 0 Å². The molecule has 1 radical (unpaired) electrons. The number of rotatable bonds is 8. The molecule has 0 aromatic rings. The van der Waals surface area contributed by atoms with Crippen LogP contribution in [0.2, 0.25) is 21.8 Å². The topological polar surface area (TPSA) is 36.9 Å². The summed E-state index contributed by atoms with van der Waals surface area (Å²) >= 11 is 0.